The van der Waals surface area contributed by atoms with Crippen molar-refractivity contribution in [3.63, 3.8) is 0 Å². The summed E-state index contributed by atoms with van der Waals surface area (Å²) in [5.74, 6) is -5.29. The highest BCUT2D eigenvalue weighted by atomic mass is 16.6. The Balaban J connectivity index is -0.00000155. The predicted molar refractivity (Wildman–Crippen MR) is 358 cm³/mol. The quantitative estimate of drug-likeness (QED) is 0.0386. The lowest BCUT2D eigenvalue weighted by Crippen LogP contribution is -2.39. The average molecular weight is 1370 g/mol. The molecule has 0 saturated carbocycles. The molecule has 31 heteroatoms. The Kier molecular flexibility index (Phi) is 63.5. The monoisotopic (exact) mass is 1370 g/mol. The Bertz CT molecular complexity index is 2150. The number of hydrogen-bond acceptors (Lipinski definition) is 23. The van der Waals surface area contributed by atoms with E-state index in [1.54, 1.807) is 13.8 Å². The van der Waals surface area contributed by atoms with E-state index in [1.165, 1.54) is 0 Å². The molecule has 4 aliphatic rings. The van der Waals surface area contributed by atoms with Gasteiger partial charge in [0.2, 0.25) is 23.6 Å². The molecule has 0 saturated heterocycles. The highest BCUT2D eigenvalue weighted by molar-refractivity contribution is 6.14. The normalized spacial score (nSPS) is 14.2. The molecule has 0 aromatic carbocycles. The molecule has 0 aromatic heterocycles. The molecule has 95 heavy (non-hydrogen) atoms. The van der Waals surface area contributed by atoms with Crippen molar-refractivity contribution in [2.45, 2.75) is 138 Å². The van der Waals surface area contributed by atoms with Crippen LogP contribution in [0.2, 0.25) is 0 Å². The van der Waals surface area contributed by atoms with Gasteiger partial charge in [-0.25, -0.2) is 0 Å². The van der Waals surface area contributed by atoms with Gasteiger partial charge in [0.05, 0.1) is 119 Å². The first-order valence-corrected chi connectivity index (χ1v) is 27.8. The van der Waals surface area contributed by atoms with Gasteiger partial charge in [-0.3, -0.25) is 77.1 Å². The maximum Gasteiger partial charge on any atom is 0.253 e. The summed E-state index contributed by atoms with van der Waals surface area (Å²) in [6.45, 7) is 6.01. The van der Waals surface area contributed by atoms with Crippen molar-refractivity contribution in [1.29, 1.82) is 0 Å². The van der Waals surface area contributed by atoms with E-state index in [0.29, 0.717) is 0 Å². The van der Waals surface area contributed by atoms with Gasteiger partial charge in [0.1, 0.15) is 24.7 Å². The lowest BCUT2D eigenvalue weighted by atomic mass is 10.3. The van der Waals surface area contributed by atoms with Crippen molar-refractivity contribution < 1.29 is 110 Å². The molecule has 4 rings (SSSR count). The van der Waals surface area contributed by atoms with Crippen LogP contribution < -0.4 is 21.3 Å². The molecule has 0 spiro atoms. The zero-order chi connectivity index (χ0) is 61.6. The SMILES string of the molecule is C.C.C.C.C.C.C.C.C.C.CC(NC(=O)CCN1C(=O)C=CC1=O)OCCOCC(COCCOC(C)NC(=O)CCN1C(=O)C=CC1=O)OCCOCCOC(COCCOCCNC(=O)CCN1C(=O)C=CC1=O)COCCOCCNC(=O)CCN1C(=O)C=CC1=O. The number of imide groups is 4. The number of rotatable bonds is 50. The molecule has 0 aliphatic carbocycles. The smallest absolute Gasteiger partial charge is 0.253 e. The van der Waals surface area contributed by atoms with E-state index < -0.39 is 83.7 Å². The lowest BCUT2D eigenvalue weighted by molar-refractivity contribution is -0.139. The summed E-state index contributed by atoms with van der Waals surface area (Å²) in [5.41, 5.74) is 0. The molecule has 552 valence electrons. The second-order valence-electron chi connectivity index (χ2n) is 18.6. The molecular formula is C64H118N8O23. The number of carbonyl (C=O) groups excluding carboxylic acids is 12. The van der Waals surface area contributed by atoms with Gasteiger partial charge in [-0.1, -0.05) is 74.3 Å². The summed E-state index contributed by atoms with van der Waals surface area (Å²) in [6, 6.07) is 0. The van der Waals surface area contributed by atoms with Crippen LogP contribution in [-0.2, 0) is 110 Å². The molecule has 2 unspecified atom stereocenters. The van der Waals surface area contributed by atoms with Crippen molar-refractivity contribution in [3.05, 3.63) is 48.6 Å². The van der Waals surface area contributed by atoms with E-state index in [9.17, 15) is 57.5 Å². The lowest BCUT2D eigenvalue weighted by Gasteiger charge is -2.20. The molecule has 2 atom stereocenters. The van der Waals surface area contributed by atoms with Crippen molar-refractivity contribution in [3.8, 4) is 0 Å². The van der Waals surface area contributed by atoms with Crippen molar-refractivity contribution in [2.24, 2.45) is 0 Å². The Morgan fingerprint density at radius 3 is 0.789 bits per heavy atom. The number of hydrogen-bond donors (Lipinski definition) is 4. The van der Waals surface area contributed by atoms with Crippen LogP contribution in [-0.4, -0.2) is 273 Å². The molecule has 0 aromatic rings. The summed E-state index contributed by atoms with van der Waals surface area (Å²) in [6.07, 6.45) is 6.37. The van der Waals surface area contributed by atoms with Crippen LogP contribution in [0.5, 0.6) is 0 Å². The molecule has 12 amide bonds. The number of amides is 12. The number of carbonyl (C=O) groups is 12. The highest BCUT2D eigenvalue weighted by Gasteiger charge is 2.27. The van der Waals surface area contributed by atoms with Gasteiger partial charge in [0.15, 0.2) is 0 Å². The van der Waals surface area contributed by atoms with Crippen LogP contribution >= 0.6 is 0 Å². The van der Waals surface area contributed by atoms with Crippen LogP contribution in [0, 0.1) is 0 Å². The standard InChI is InChI=1S/C54H78N8O23.10CH4/c1-39(57-45(65)13-19-61-51(71)7-8-52(61)72)82-31-29-80-37-42(38-81-30-32-83-40(2)58-46(66)14-20-62-53(73)9-10-54(62)74)85-34-28-77-27-33-84-41(35-78-25-23-75-21-15-55-43(63)11-17-59-47(67)3-4-48(59)68)36-79-26-24-76-22-16-56-44(64)12-18-60-49(69)5-6-50(60)70;;;;;;;;;;/h3-10,39-42H,11-38H2,1-2H3,(H,55,63)(H,56,64)(H,57,65)(H,58,66);10*1H4. The molecule has 31 nitrogen and oxygen atoms in total. The minimum atomic E-state index is -0.700. The molecule has 4 N–H and O–H groups in total. The molecule has 0 fully saturated rings. The summed E-state index contributed by atoms with van der Waals surface area (Å²) in [7, 11) is 0. The second-order valence-corrected chi connectivity index (χ2v) is 18.6. The largest absolute Gasteiger partial charge is 0.377 e. The Morgan fingerprint density at radius 2 is 0.516 bits per heavy atom. The summed E-state index contributed by atoms with van der Waals surface area (Å²) in [4.78, 5) is 147. The van der Waals surface area contributed by atoms with E-state index in [0.717, 1.165) is 68.2 Å². The minimum absolute atomic E-state index is 0. The molecule has 0 radical (unpaired) electrons. The first kappa shape index (κ1) is 101. The van der Waals surface area contributed by atoms with Gasteiger partial charge in [0.25, 0.3) is 47.3 Å². The van der Waals surface area contributed by atoms with E-state index in [4.69, 9.17) is 52.1 Å². The van der Waals surface area contributed by atoms with E-state index in [1.807, 2.05) is 0 Å². The third kappa shape index (κ3) is 42.9. The van der Waals surface area contributed by atoms with Crippen LogP contribution in [0.4, 0.5) is 0 Å². The minimum Gasteiger partial charge on any atom is -0.377 e. The fourth-order valence-electron chi connectivity index (χ4n) is 7.65. The topological polar surface area (TPSA) is 367 Å². The number of nitrogens with one attached hydrogen (secondary N) is 4. The number of ether oxygens (including phenoxy) is 11. The van der Waals surface area contributed by atoms with Gasteiger partial charge in [-0.05, 0) is 13.8 Å². The number of nitrogens with zero attached hydrogens (tertiary/aromatic N) is 4. The Morgan fingerprint density at radius 1 is 0.305 bits per heavy atom. The van der Waals surface area contributed by atoms with Crippen molar-refractivity contribution >= 4 is 70.9 Å². The van der Waals surface area contributed by atoms with Crippen molar-refractivity contribution in [1.82, 2.24) is 40.9 Å². The molecule has 4 aliphatic heterocycles. The zero-order valence-corrected chi connectivity index (χ0v) is 47.9. The Hall–Kier alpha value is -7.04. The highest BCUT2D eigenvalue weighted by Crippen LogP contribution is 2.08. The van der Waals surface area contributed by atoms with Gasteiger partial charge in [0, 0.05) is 114 Å². The van der Waals surface area contributed by atoms with E-state index in [2.05, 4.69) is 21.3 Å². The van der Waals surface area contributed by atoms with Gasteiger partial charge in [-0.2, -0.15) is 0 Å². The van der Waals surface area contributed by atoms with Gasteiger partial charge in [-0.15, -0.1) is 0 Å². The summed E-state index contributed by atoms with van der Waals surface area (Å²) < 4.78 is 63.3. The van der Waals surface area contributed by atoms with E-state index in [-0.39, 0.29) is 270 Å². The third-order valence-corrected chi connectivity index (χ3v) is 12.0. The zero-order valence-electron chi connectivity index (χ0n) is 47.9. The average Bonchev–Trinajstić information content (AvgIpc) is 1.80. The van der Waals surface area contributed by atoms with E-state index >= 15 is 0 Å². The first-order chi connectivity index (χ1) is 41.0. The fourth-order valence-corrected chi connectivity index (χ4v) is 7.65. The Labute approximate surface area is 564 Å². The predicted octanol–water partition coefficient (Wildman–Crippen LogP) is 2.68. The van der Waals surface area contributed by atoms with Crippen molar-refractivity contribution in [2.75, 3.05) is 158 Å². The maximum absolute atomic E-state index is 12.4. The van der Waals surface area contributed by atoms with Gasteiger partial charge >= 0.3 is 0 Å². The summed E-state index contributed by atoms with van der Waals surface area (Å²) in [5, 5.41) is 10.6. The van der Waals surface area contributed by atoms with Crippen LogP contribution in [0.25, 0.3) is 0 Å². The molecular weight excluding hydrogens is 1250 g/mol. The fraction of sp³-hybridized carbons (Fsp3) is 0.688. The van der Waals surface area contributed by atoms with Crippen LogP contribution in [0.15, 0.2) is 48.6 Å². The maximum atomic E-state index is 12.4. The first-order valence-electron chi connectivity index (χ1n) is 27.8. The molecule has 4 heterocycles. The van der Waals surface area contributed by atoms with Crippen LogP contribution in [0.3, 0.4) is 0 Å². The molecule has 0 bridgehead atoms. The van der Waals surface area contributed by atoms with Gasteiger partial charge < -0.3 is 73.4 Å². The second kappa shape index (κ2) is 59.5. The third-order valence-electron chi connectivity index (χ3n) is 12.0. The van der Waals surface area contributed by atoms with Crippen LogP contribution in [0.1, 0.15) is 114 Å². The summed E-state index contributed by atoms with van der Waals surface area (Å²) >= 11 is 0.